The number of hydrogen-bond donors (Lipinski definition) is 3. The van der Waals surface area contributed by atoms with Gasteiger partial charge in [0, 0.05) is 58.5 Å². The van der Waals surface area contributed by atoms with Gasteiger partial charge in [-0.3, -0.25) is 24.0 Å². The minimum atomic E-state index is -0.108. The van der Waals surface area contributed by atoms with Gasteiger partial charge in [0.2, 0.25) is 11.8 Å². The number of carbonyl (C=O) groups is 5. The van der Waals surface area contributed by atoms with E-state index in [4.69, 9.17) is 14.2 Å². The molecular formula is C74H144N4O9. The van der Waals surface area contributed by atoms with Crippen molar-refractivity contribution in [1.29, 1.82) is 0 Å². The fraction of sp³-hybridized carbons (Fsp3) is 0.932. The first-order valence-corrected chi connectivity index (χ1v) is 37.8. The van der Waals surface area contributed by atoms with Crippen LogP contribution in [0.25, 0.3) is 0 Å². The highest BCUT2D eigenvalue weighted by Crippen LogP contribution is 2.22. The summed E-state index contributed by atoms with van der Waals surface area (Å²) in [4.78, 5) is 68.8. The maximum absolute atomic E-state index is 13.3. The van der Waals surface area contributed by atoms with Crippen molar-refractivity contribution >= 4 is 29.7 Å². The highest BCUT2D eigenvalue weighted by molar-refractivity contribution is 5.83. The number of nitrogens with zero attached hydrogens (tertiary/aromatic N) is 2. The third kappa shape index (κ3) is 63.2. The van der Waals surface area contributed by atoms with E-state index in [2.05, 4.69) is 48.1 Å². The van der Waals surface area contributed by atoms with E-state index in [0.717, 1.165) is 193 Å². The molecule has 0 unspecified atom stereocenters. The molecule has 87 heavy (non-hydrogen) atoms. The summed E-state index contributed by atoms with van der Waals surface area (Å²) >= 11 is 0. The third-order valence-electron chi connectivity index (χ3n) is 17.5. The summed E-state index contributed by atoms with van der Waals surface area (Å²) in [6.07, 6.45) is 56.3. The maximum atomic E-state index is 13.3. The van der Waals surface area contributed by atoms with Gasteiger partial charge in [0.05, 0.1) is 25.7 Å². The molecule has 13 heteroatoms. The zero-order valence-electron chi connectivity index (χ0n) is 57.9. The molecular weight excluding hydrogens is 1090 g/mol. The lowest BCUT2D eigenvalue weighted by Gasteiger charge is -2.23. The average Bonchev–Trinajstić information content (AvgIpc) is 3.58. The molecule has 0 aliphatic heterocycles. The zero-order chi connectivity index (χ0) is 63.4. The van der Waals surface area contributed by atoms with Crippen molar-refractivity contribution in [3.63, 3.8) is 0 Å². The van der Waals surface area contributed by atoms with Crippen LogP contribution >= 0.6 is 0 Å². The lowest BCUT2D eigenvalue weighted by Crippen LogP contribution is -2.37. The van der Waals surface area contributed by atoms with Gasteiger partial charge >= 0.3 is 17.9 Å². The summed E-state index contributed by atoms with van der Waals surface area (Å²) in [5.41, 5.74) is 0. The largest absolute Gasteiger partial charge is 0.466 e. The SMILES string of the molecule is CCCCCCCCCCCC(=O)OCCCCCN(CCCCCCCO)CCNC(=O)CCC(=O)NCCN(CCCCCCCOC(=O)C(CCCCCCCC)CCCCCCCC)CCCCCOC(=O)CCCCCCCCCCC. The Bertz CT molecular complexity index is 1490. The van der Waals surface area contributed by atoms with Crippen LogP contribution in [-0.4, -0.2) is 123 Å². The Balaban J connectivity index is 4.95. The van der Waals surface area contributed by atoms with Crippen LogP contribution < -0.4 is 10.6 Å². The molecule has 0 atom stereocenters. The number of amides is 2. The minimum absolute atomic E-state index is 0.0248. The van der Waals surface area contributed by atoms with E-state index >= 15 is 0 Å². The first-order chi connectivity index (χ1) is 42.7. The molecule has 2 amide bonds. The number of aliphatic hydroxyl groups excluding tert-OH is 1. The molecule has 0 heterocycles. The quantitative estimate of drug-likeness (QED) is 0.0302. The maximum Gasteiger partial charge on any atom is 0.308 e. The standard InChI is InChI=1S/C74H144N4O9/c1-5-9-13-17-21-23-25-31-41-53-72(82)85-66-49-37-45-61-77(59-43-33-27-35-47-65-79)63-57-75-70(80)55-56-71(81)76-58-64-78(62-46-38-50-67-86-73(83)54-42-32-26-24-22-18-14-10-6-2)60-44-34-28-36-48-68-87-74(84)69(51-39-29-19-15-11-7-3)52-40-30-20-16-12-8-4/h69,79H,5-68H2,1-4H3,(H,75,80)(H,76,81). The lowest BCUT2D eigenvalue weighted by molar-refractivity contribution is -0.149. The van der Waals surface area contributed by atoms with Crippen LogP contribution in [-0.2, 0) is 38.2 Å². The highest BCUT2D eigenvalue weighted by Gasteiger charge is 2.20. The van der Waals surface area contributed by atoms with Crippen molar-refractivity contribution < 1.29 is 43.3 Å². The smallest absolute Gasteiger partial charge is 0.308 e. The van der Waals surface area contributed by atoms with Crippen molar-refractivity contribution in [2.45, 2.75) is 362 Å². The number of rotatable bonds is 71. The second kappa shape index (κ2) is 69.1. The summed E-state index contributed by atoms with van der Waals surface area (Å²) in [5, 5.41) is 15.3. The Kier molecular flexibility index (Phi) is 66.9. The van der Waals surface area contributed by atoms with Crippen molar-refractivity contribution in [2.75, 3.05) is 78.8 Å². The van der Waals surface area contributed by atoms with Gasteiger partial charge in [-0.1, -0.05) is 246 Å². The molecule has 0 rings (SSSR count). The molecule has 0 aliphatic carbocycles. The minimum Gasteiger partial charge on any atom is -0.466 e. The average molecular weight is 1230 g/mol. The molecule has 0 spiro atoms. The van der Waals surface area contributed by atoms with Gasteiger partial charge < -0.3 is 39.8 Å². The molecule has 13 nitrogen and oxygen atoms in total. The number of carbonyl (C=O) groups excluding carboxylic acids is 5. The Morgan fingerprint density at radius 3 is 0.931 bits per heavy atom. The van der Waals surface area contributed by atoms with Crippen LogP contribution in [0.4, 0.5) is 0 Å². The van der Waals surface area contributed by atoms with Gasteiger partial charge in [-0.05, 0) is 116 Å². The van der Waals surface area contributed by atoms with E-state index in [9.17, 15) is 29.1 Å². The van der Waals surface area contributed by atoms with Crippen LogP contribution in [0.15, 0.2) is 0 Å². The van der Waals surface area contributed by atoms with Gasteiger partial charge in [0.1, 0.15) is 0 Å². The van der Waals surface area contributed by atoms with E-state index in [1.807, 2.05) is 0 Å². The number of nitrogens with one attached hydrogen (secondary N) is 2. The highest BCUT2D eigenvalue weighted by atomic mass is 16.5. The predicted molar refractivity (Wildman–Crippen MR) is 365 cm³/mol. The molecule has 514 valence electrons. The molecule has 0 radical (unpaired) electrons. The lowest BCUT2D eigenvalue weighted by atomic mass is 9.94. The summed E-state index contributed by atoms with van der Waals surface area (Å²) < 4.78 is 17.0. The third-order valence-corrected chi connectivity index (χ3v) is 17.5. The van der Waals surface area contributed by atoms with Crippen LogP contribution in [0.2, 0.25) is 0 Å². The second-order valence-corrected chi connectivity index (χ2v) is 25.8. The number of esters is 3. The zero-order valence-corrected chi connectivity index (χ0v) is 57.9. The van der Waals surface area contributed by atoms with E-state index in [1.54, 1.807) is 0 Å². The topological polar surface area (TPSA) is 164 Å². The van der Waals surface area contributed by atoms with Gasteiger partial charge in [-0.25, -0.2) is 0 Å². The molecule has 0 saturated heterocycles. The number of ether oxygens (including phenoxy) is 3. The van der Waals surface area contributed by atoms with E-state index in [1.165, 1.54) is 154 Å². The molecule has 0 aliphatic rings. The van der Waals surface area contributed by atoms with Gasteiger partial charge in [-0.2, -0.15) is 0 Å². The predicted octanol–water partition coefficient (Wildman–Crippen LogP) is 18.4. The van der Waals surface area contributed by atoms with Crippen LogP contribution in [0, 0.1) is 5.92 Å². The summed E-state index contributed by atoms with van der Waals surface area (Å²) in [6.45, 7) is 17.0. The Hall–Kier alpha value is -2.77. The molecule has 0 aromatic heterocycles. The fourth-order valence-corrected chi connectivity index (χ4v) is 11.6. The number of unbranched alkanes of at least 4 members (excludes halogenated alkanes) is 38. The van der Waals surface area contributed by atoms with E-state index < -0.39 is 0 Å². The number of hydrogen-bond acceptors (Lipinski definition) is 11. The van der Waals surface area contributed by atoms with Crippen molar-refractivity contribution in [3.05, 3.63) is 0 Å². The summed E-state index contributed by atoms with van der Waals surface area (Å²) in [5.74, 6) is -0.294. The van der Waals surface area contributed by atoms with Crippen molar-refractivity contribution in [3.8, 4) is 0 Å². The first-order valence-electron chi connectivity index (χ1n) is 37.8. The van der Waals surface area contributed by atoms with E-state index in [-0.39, 0.29) is 55.1 Å². The van der Waals surface area contributed by atoms with Gasteiger partial charge in [-0.15, -0.1) is 0 Å². The van der Waals surface area contributed by atoms with Crippen molar-refractivity contribution in [1.82, 2.24) is 20.4 Å². The van der Waals surface area contributed by atoms with Crippen LogP contribution in [0.1, 0.15) is 362 Å². The van der Waals surface area contributed by atoms with Crippen LogP contribution in [0.3, 0.4) is 0 Å². The molecule has 3 N–H and O–H groups in total. The van der Waals surface area contributed by atoms with Crippen LogP contribution in [0.5, 0.6) is 0 Å². The summed E-state index contributed by atoms with van der Waals surface area (Å²) in [6, 6.07) is 0. The molecule has 0 bridgehead atoms. The first kappa shape index (κ1) is 84.2. The van der Waals surface area contributed by atoms with E-state index in [0.29, 0.717) is 45.8 Å². The fourth-order valence-electron chi connectivity index (χ4n) is 11.6. The number of aliphatic hydroxyl groups is 1. The summed E-state index contributed by atoms with van der Waals surface area (Å²) in [7, 11) is 0. The molecule has 0 aromatic carbocycles. The molecule has 0 aromatic rings. The molecule has 0 fully saturated rings. The van der Waals surface area contributed by atoms with Gasteiger partial charge in [0.15, 0.2) is 0 Å². The monoisotopic (exact) mass is 1230 g/mol. The molecule has 0 saturated carbocycles. The Morgan fingerprint density at radius 2 is 0.586 bits per heavy atom. The normalized spacial score (nSPS) is 11.5. The van der Waals surface area contributed by atoms with Crippen molar-refractivity contribution in [2.24, 2.45) is 5.92 Å². The van der Waals surface area contributed by atoms with Gasteiger partial charge in [0.25, 0.3) is 0 Å². The Labute approximate surface area is 537 Å². The Morgan fingerprint density at radius 1 is 0.310 bits per heavy atom. The second-order valence-electron chi connectivity index (χ2n) is 25.8.